The molecule has 1 amide bonds. The molecule has 0 aliphatic heterocycles. The second-order valence-corrected chi connectivity index (χ2v) is 21.7. The molecule has 3 atom stereocenters. The van der Waals surface area contributed by atoms with E-state index in [-0.39, 0.29) is 12.5 Å². The highest BCUT2D eigenvalue weighted by molar-refractivity contribution is 7.45. The fraction of sp³-hybridized carbons (Fsp3) is 0.780. The molecule has 0 bridgehead atoms. The number of allylic oxidation sites excluding steroid dienone is 11. The van der Waals surface area contributed by atoms with Gasteiger partial charge < -0.3 is 28.8 Å². The summed E-state index contributed by atoms with van der Waals surface area (Å²) in [5.41, 5.74) is 0. The predicted octanol–water partition coefficient (Wildman–Crippen LogP) is 16.5. The molecule has 0 radical (unpaired) electrons. The number of hydrogen-bond acceptors (Lipinski definition) is 6. The highest BCUT2D eigenvalue weighted by Gasteiger charge is 2.23. The van der Waals surface area contributed by atoms with Crippen LogP contribution >= 0.6 is 7.82 Å². The van der Waals surface area contributed by atoms with Crippen LogP contribution in [0.4, 0.5) is 0 Å². The zero-order chi connectivity index (χ0) is 49.9. The number of amides is 1. The molecule has 3 unspecified atom stereocenters. The van der Waals surface area contributed by atoms with E-state index in [1.54, 1.807) is 6.08 Å². The summed E-state index contributed by atoms with van der Waals surface area (Å²) in [6.45, 7) is 4.52. The zero-order valence-electron chi connectivity index (χ0n) is 45.0. The fourth-order valence-corrected chi connectivity index (χ4v) is 8.71. The van der Waals surface area contributed by atoms with Gasteiger partial charge in [-0.3, -0.25) is 9.36 Å². The molecular weight excluding hydrogens is 864 g/mol. The number of phosphoric ester groups is 1. The standard InChI is InChI=1S/C59H109N2O6P/c1-6-8-10-12-14-16-18-20-22-23-24-25-26-27-28-29-30-31-32-33-34-35-36-37-39-41-43-45-47-49-51-53-59(63)60-57(56-67-68(64,65)66-55-54-61(3,4)5)58(62)52-50-48-46-44-42-40-38-21-19-17-15-13-11-9-7-2/h8,10,14,16,20,22,24-25,42,44,50,52,57-58,62H,6-7,9,11-13,15,17-19,21,23,26-41,43,45-49,51,53-56H2,1-5H3,(H-,60,63,64,65)/b10-8-,16-14-,22-20-,25-24-,44-42+,52-50+. The van der Waals surface area contributed by atoms with E-state index in [1.807, 2.05) is 27.2 Å². The molecule has 0 aliphatic rings. The Morgan fingerprint density at radius 3 is 1.37 bits per heavy atom. The van der Waals surface area contributed by atoms with E-state index >= 15 is 0 Å². The number of unbranched alkanes of at least 4 members (excludes halogenated alkanes) is 28. The normalized spacial score (nSPS) is 14.5. The average molecular weight is 974 g/mol. The number of rotatable bonds is 51. The minimum Gasteiger partial charge on any atom is -0.756 e. The summed E-state index contributed by atoms with van der Waals surface area (Å²) in [5, 5.41) is 13.8. The smallest absolute Gasteiger partial charge is 0.268 e. The van der Waals surface area contributed by atoms with Crippen molar-refractivity contribution in [2.75, 3.05) is 40.9 Å². The maximum absolute atomic E-state index is 12.9. The lowest BCUT2D eigenvalue weighted by molar-refractivity contribution is -0.870. The summed E-state index contributed by atoms with van der Waals surface area (Å²) < 4.78 is 23.3. The van der Waals surface area contributed by atoms with E-state index in [1.165, 1.54) is 161 Å². The summed E-state index contributed by atoms with van der Waals surface area (Å²) >= 11 is 0. The van der Waals surface area contributed by atoms with Crippen LogP contribution in [0.1, 0.15) is 245 Å². The second-order valence-electron chi connectivity index (χ2n) is 20.3. The van der Waals surface area contributed by atoms with Gasteiger partial charge in [-0.15, -0.1) is 0 Å². The number of hydrogen-bond donors (Lipinski definition) is 2. The van der Waals surface area contributed by atoms with Gasteiger partial charge in [-0.05, 0) is 70.6 Å². The monoisotopic (exact) mass is 973 g/mol. The third-order valence-electron chi connectivity index (χ3n) is 12.4. The molecule has 0 rings (SSSR count). The molecule has 0 saturated carbocycles. The van der Waals surface area contributed by atoms with Gasteiger partial charge in [0, 0.05) is 6.42 Å². The van der Waals surface area contributed by atoms with Gasteiger partial charge in [-0.1, -0.05) is 241 Å². The largest absolute Gasteiger partial charge is 0.756 e. The number of phosphoric acid groups is 1. The number of aliphatic hydroxyl groups excluding tert-OH is 1. The number of quaternary nitrogens is 1. The molecule has 9 heteroatoms. The minimum absolute atomic E-state index is 0.00743. The number of carbonyl (C=O) groups is 1. The van der Waals surface area contributed by atoms with Crippen LogP contribution in [0.2, 0.25) is 0 Å². The van der Waals surface area contributed by atoms with Crippen molar-refractivity contribution in [2.24, 2.45) is 0 Å². The van der Waals surface area contributed by atoms with Crippen LogP contribution in [-0.2, 0) is 18.4 Å². The van der Waals surface area contributed by atoms with Gasteiger partial charge in [0.1, 0.15) is 13.2 Å². The van der Waals surface area contributed by atoms with E-state index in [2.05, 4.69) is 79.9 Å². The second kappa shape index (κ2) is 49.9. The Morgan fingerprint density at radius 1 is 0.529 bits per heavy atom. The first-order valence-electron chi connectivity index (χ1n) is 28.3. The van der Waals surface area contributed by atoms with Gasteiger partial charge in [-0.25, -0.2) is 0 Å². The summed E-state index contributed by atoms with van der Waals surface area (Å²) in [5.74, 6) is -0.207. The maximum atomic E-state index is 12.9. The summed E-state index contributed by atoms with van der Waals surface area (Å²) in [6, 6.07) is -0.904. The molecule has 0 saturated heterocycles. The Bertz CT molecular complexity index is 1330. The molecule has 68 heavy (non-hydrogen) atoms. The van der Waals surface area contributed by atoms with Crippen LogP contribution in [0, 0.1) is 0 Å². The summed E-state index contributed by atoms with van der Waals surface area (Å²) in [7, 11) is 1.24. The molecule has 0 aromatic heterocycles. The molecule has 2 N–H and O–H groups in total. The van der Waals surface area contributed by atoms with E-state index < -0.39 is 26.6 Å². The van der Waals surface area contributed by atoms with Crippen molar-refractivity contribution in [3.05, 3.63) is 72.9 Å². The van der Waals surface area contributed by atoms with Gasteiger partial charge >= 0.3 is 0 Å². The first kappa shape index (κ1) is 65.9. The number of nitrogens with one attached hydrogen (secondary N) is 1. The Labute approximate surface area is 421 Å². The van der Waals surface area contributed by atoms with Crippen LogP contribution < -0.4 is 10.2 Å². The Balaban J connectivity index is 4.12. The topological polar surface area (TPSA) is 108 Å². The fourth-order valence-electron chi connectivity index (χ4n) is 7.98. The third kappa shape index (κ3) is 51.8. The predicted molar refractivity (Wildman–Crippen MR) is 293 cm³/mol. The number of nitrogens with zero attached hydrogens (tertiary/aromatic N) is 1. The third-order valence-corrected chi connectivity index (χ3v) is 13.4. The van der Waals surface area contributed by atoms with Gasteiger partial charge in [0.15, 0.2) is 0 Å². The average Bonchev–Trinajstić information content (AvgIpc) is 3.30. The SMILES string of the molecule is CC/C=C\C/C=C\C/C=C\C/C=C\CCCCCCCCCCCCCCCCCCCCC(=O)NC(COP(=O)([O-])OCC[N+](C)(C)C)C(O)/C=C/CC/C=C/CCCCCCCCCCC. The van der Waals surface area contributed by atoms with E-state index in [0.29, 0.717) is 17.4 Å². The van der Waals surface area contributed by atoms with E-state index in [0.717, 1.165) is 64.2 Å². The Kier molecular flexibility index (Phi) is 48.4. The molecule has 0 aromatic rings. The first-order valence-corrected chi connectivity index (χ1v) is 29.8. The molecule has 0 heterocycles. The molecule has 0 spiro atoms. The van der Waals surface area contributed by atoms with Crippen molar-refractivity contribution >= 4 is 13.7 Å². The highest BCUT2D eigenvalue weighted by Crippen LogP contribution is 2.38. The Morgan fingerprint density at radius 2 is 0.912 bits per heavy atom. The molecule has 8 nitrogen and oxygen atoms in total. The van der Waals surface area contributed by atoms with Crippen LogP contribution in [0.25, 0.3) is 0 Å². The number of likely N-dealkylation sites (N-methyl/N-ethyl adjacent to an activating group) is 1. The van der Waals surface area contributed by atoms with Gasteiger partial charge in [-0.2, -0.15) is 0 Å². The van der Waals surface area contributed by atoms with E-state index in [9.17, 15) is 19.4 Å². The van der Waals surface area contributed by atoms with Crippen molar-refractivity contribution < 1.29 is 32.9 Å². The van der Waals surface area contributed by atoms with Crippen LogP contribution in [0.5, 0.6) is 0 Å². The van der Waals surface area contributed by atoms with Crippen molar-refractivity contribution in [3.63, 3.8) is 0 Å². The first-order chi connectivity index (χ1) is 33.0. The molecule has 0 fully saturated rings. The maximum Gasteiger partial charge on any atom is 0.268 e. The highest BCUT2D eigenvalue weighted by atomic mass is 31.2. The lowest BCUT2D eigenvalue weighted by Crippen LogP contribution is -2.45. The van der Waals surface area contributed by atoms with Gasteiger partial charge in [0.05, 0.1) is 39.9 Å². The molecular formula is C59H109N2O6P. The minimum atomic E-state index is -4.60. The quantitative estimate of drug-likeness (QED) is 0.0272. The number of carbonyl (C=O) groups excluding carboxylic acids is 1. The van der Waals surface area contributed by atoms with Crippen molar-refractivity contribution in [2.45, 2.75) is 257 Å². The van der Waals surface area contributed by atoms with Crippen LogP contribution in [0.15, 0.2) is 72.9 Å². The lowest BCUT2D eigenvalue weighted by Gasteiger charge is -2.29. The Hall–Kier alpha value is -2.06. The summed E-state index contributed by atoms with van der Waals surface area (Å²) in [6.07, 6.45) is 68.4. The van der Waals surface area contributed by atoms with Crippen LogP contribution in [-0.4, -0.2) is 68.5 Å². The number of aliphatic hydroxyl groups is 1. The van der Waals surface area contributed by atoms with E-state index in [4.69, 9.17) is 9.05 Å². The molecule has 396 valence electrons. The molecule has 0 aromatic carbocycles. The van der Waals surface area contributed by atoms with Crippen molar-refractivity contribution in [3.8, 4) is 0 Å². The van der Waals surface area contributed by atoms with Gasteiger partial charge in [0.25, 0.3) is 7.82 Å². The van der Waals surface area contributed by atoms with Crippen molar-refractivity contribution in [1.82, 2.24) is 5.32 Å². The van der Waals surface area contributed by atoms with Crippen molar-refractivity contribution in [1.29, 1.82) is 0 Å². The zero-order valence-corrected chi connectivity index (χ0v) is 45.9. The van der Waals surface area contributed by atoms with Crippen LogP contribution in [0.3, 0.4) is 0 Å². The van der Waals surface area contributed by atoms with Gasteiger partial charge in [0.2, 0.25) is 5.91 Å². The summed E-state index contributed by atoms with van der Waals surface area (Å²) in [4.78, 5) is 25.5. The molecule has 0 aliphatic carbocycles. The lowest BCUT2D eigenvalue weighted by atomic mass is 10.0.